The number of benzene rings is 1. The third-order valence-electron chi connectivity index (χ3n) is 5.46. The van der Waals surface area contributed by atoms with Crippen LogP contribution in [0.1, 0.15) is 42.8 Å². The first-order chi connectivity index (χ1) is 14.6. The number of carbonyl (C=O) groups is 2. The van der Waals surface area contributed by atoms with Gasteiger partial charge in [-0.3, -0.25) is 9.59 Å². The van der Waals surface area contributed by atoms with Crippen molar-refractivity contribution in [1.82, 2.24) is 9.80 Å². The number of carbonyl (C=O) groups excluding carboxylic acids is 2. The normalized spacial score (nSPS) is 18.8. The molecule has 1 aliphatic heterocycles. The highest BCUT2D eigenvalue weighted by Crippen LogP contribution is 2.42. The molecule has 2 heterocycles. The quantitative estimate of drug-likeness (QED) is 0.415. The molecule has 0 radical (unpaired) electrons. The third-order valence-corrected chi connectivity index (χ3v) is 6.39. The number of nitrogens with zero attached hydrogens (tertiary/aromatic N) is 2. The molecule has 3 rings (SSSR count). The van der Waals surface area contributed by atoms with Crippen molar-refractivity contribution >= 4 is 28.8 Å². The molecule has 0 bridgehead atoms. The molecule has 7 heteroatoms. The van der Waals surface area contributed by atoms with Gasteiger partial charge >= 0.3 is 0 Å². The lowest BCUT2D eigenvalue weighted by Crippen LogP contribution is -2.35. The lowest BCUT2D eigenvalue weighted by Gasteiger charge is -2.26. The Balaban J connectivity index is 2.20. The van der Waals surface area contributed by atoms with E-state index in [9.17, 15) is 14.7 Å². The van der Waals surface area contributed by atoms with Crippen LogP contribution >= 0.6 is 11.3 Å². The molecule has 1 amide bonds. The average Bonchev–Trinajstić information content (AvgIpc) is 3.32. The first-order valence-electron chi connectivity index (χ1n) is 10.2. The van der Waals surface area contributed by atoms with Gasteiger partial charge in [-0.25, -0.2) is 0 Å². The number of hydrogen-bond acceptors (Lipinski definition) is 6. The smallest absolute Gasteiger partial charge is 0.295 e. The summed E-state index contributed by atoms with van der Waals surface area (Å²) in [5.74, 6) is -1.01. The van der Waals surface area contributed by atoms with Gasteiger partial charge in [-0.2, -0.15) is 0 Å². The molecule has 1 saturated heterocycles. The first kappa shape index (κ1) is 23.0. The van der Waals surface area contributed by atoms with E-state index in [-0.39, 0.29) is 16.7 Å². The Morgan fingerprint density at radius 1 is 1.23 bits per heavy atom. The lowest BCUT2D eigenvalue weighted by atomic mass is 9.85. The number of likely N-dealkylation sites (tertiary alicyclic amines) is 1. The Hall–Kier alpha value is -2.64. The van der Waals surface area contributed by atoms with E-state index in [0.29, 0.717) is 24.4 Å². The predicted molar refractivity (Wildman–Crippen MR) is 124 cm³/mol. The molecule has 1 aliphatic rings. The van der Waals surface area contributed by atoms with Crippen LogP contribution in [0.4, 0.5) is 0 Å². The molecule has 0 spiro atoms. The SMILES string of the molecule is COc1ccc(C(C)(C)C)cc1/C(O)=C1\C(=O)C(=O)N(CCN(C)C)C1c1cccs1. The molecule has 6 nitrogen and oxygen atoms in total. The number of amides is 1. The highest BCUT2D eigenvalue weighted by Gasteiger charge is 2.46. The summed E-state index contributed by atoms with van der Waals surface area (Å²) in [5, 5.41) is 13.3. The molecule has 1 fully saturated rings. The molecule has 1 N–H and O–H groups in total. The van der Waals surface area contributed by atoms with Crippen LogP contribution in [0.25, 0.3) is 5.76 Å². The number of Topliss-reactive ketones (excluding diaryl/α,β-unsaturated/α-hetero) is 1. The van der Waals surface area contributed by atoms with Gasteiger partial charge in [-0.05, 0) is 48.7 Å². The number of ether oxygens (including phenoxy) is 1. The maximum atomic E-state index is 13.1. The maximum absolute atomic E-state index is 13.1. The second-order valence-corrected chi connectivity index (χ2v) is 9.96. The van der Waals surface area contributed by atoms with Crippen molar-refractivity contribution in [1.29, 1.82) is 0 Å². The van der Waals surface area contributed by atoms with Gasteiger partial charge in [0.2, 0.25) is 0 Å². The van der Waals surface area contributed by atoms with Gasteiger partial charge < -0.3 is 19.6 Å². The molecule has 2 aromatic rings. The highest BCUT2D eigenvalue weighted by molar-refractivity contribution is 7.10. The molecule has 1 aromatic carbocycles. The van der Waals surface area contributed by atoms with E-state index in [4.69, 9.17) is 4.74 Å². The minimum absolute atomic E-state index is 0.107. The number of ketones is 1. The fourth-order valence-corrected chi connectivity index (χ4v) is 4.51. The maximum Gasteiger partial charge on any atom is 0.295 e. The number of rotatable bonds is 6. The molecule has 1 unspecified atom stereocenters. The van der Waals surface area contributed by atoms with Gasteiger partial charge in [0.05, 0.1) is 24.3 Å². The summed E-state index contributed by atoms with van der Waals surface area (Å²) in [6, 6.07) is 8.72. The van der Waals surface area contributed by atoms with Gasteiger partial charge in [0.25, 0.3) is 11.7 Å². The van der Waals surface area contributed by atoms with Gasteiger partial charge in [-0.15, -0.1) is 11.3 Å². The number of hydrogen-bond donors (Lipinski definition) is 1. The molecule has 166 valence electrons. The minimum Gasteiger partial charge on any atom is -0.507 e. The standard InChI is InChI=1S/C24H30N2O4S/c1-24(2,3)15-9-10-17(30-6)16(14-15)21(27)19-20(18-8-7-13-31-18)26(12-11-25(4)5)23(29)22(19)28/h7-10,13-14,20,27H,11-12H2,1-6H3/b21-19+. The van der Waals surface area contributed by atoms with Gasteiger partial charge in [-0.1, -0.05) is 32.9 Å². The minimum atomic E-state index is -0.669. The van der Waals surface area contributed by atoms with Crippen LogP contribution in [0, 0.1) is 0 Å². The second kappa shape index (κ2) is 8.85. The Morgan fingerprint density at radius 3 is 2.48 bits per heavy atom. The summed E-state index contributed by atoms with van der Waals surface area (Å²) in [6.45, 7) is 7.22. The monoisotopic (exact) mass is 442 g/mol. The molecule has 0 aliphatic carbocycles. The van der Waals surface area contributed by atoms with Crippen molar-refractivity contribution in [3.8, 4) is 5.75 Å². The van der Waals surface area contributed by atoms with E-state index >= 15 is 0 Å². The van der Waals surface area contributed by atoms with Crippen LogP contribution in [-0.4, -0.2) is 60.9 Å². The van der Waals surface area contributed by atoms with Gasteiger partial charge in [0, 0.05) is 18.0 Å². The van der Waals surface area contributed by atoms with Crippen LogP contribution in [-0.2, 0) is 15.0 Å². The van der Waals surface area contributed by atoms with Crippen molar-refractivity contribution in [2.24, 2.45) is 0 Å². The Kier molecular flexibility index (Phi) is 6.57. The fourth-order valence-electron chi connectivity index (χ4n) is 3.67. The van der Waals surface area contributed by atoms with Gasteiger partial charge in [0.15, 0.2) is 0 Å². The number of aliphatic hydroxyl groups is 1. The number of methoxy groups -OCH3 is 1. The Morgan fingerprint density at radius 2 is 1.94 bits per heavy atom. The van der Waals surface area contributed by atoms with Crippen molar-refractivity contribution in [3.63, 3.8) is 0 Å². The van der Waals surface area contributed by atoms with E-state index < -0.39 is 17.7 Å². The van der Waals surface area contributed by atoms with E-state index in [2.05, 4.69) is 20.8 Å². The summed E-state index contributed by atoms with van der Waals surface area (Å²) in [6.07, 6.45) is 0. The fraction of sp³-hybridized carbons (Fsp3) is 0.417. The molecule has 1 aromatic heterocycles. The predicted octanol–water partition coefficient (Wildman–Crippen LogP) is 4.04. The second-order valence-electron chi connectivity index (χ2n) is 8.98. The van der Waals surface area contributed by atoms with E-state index in [0.717, 1.165) is 10.4 Å². The average molecular weight is 443 g/mol. The van der Waals surface area contributed by atoms with Crippen LogP contribution in [0.2, 0.25) is 0 Å². The van der Waals surface area contributed by atoms with Crippen molar-refractivity contribution < 1.29 is 19.4 Å². The van der Waals surface area contributed by atoms with Crippen molar-refractivity contribution in [3.05, 3.63) is 57.3 Å². The Bertz CT molecular complexity index is 1000. The summed E-state index contributed by atoms with van der Waals surface area (Å²) in [7, 11) is 5.36. The van der Waals surface area contributed by atoms with Crippen LogP contribution < -0.4 is 4.74 Å². The van der Waals surface area contributed by atoms with E-state index in [1.807, 2.05) is 48.6 Å². The highest BCUT2D eigenvalue weighted by atomic mass is 32.1. The molecule has 31 heavy (non-hydrogen) atoms. The zero-order valence-corrected chi connectivity index (χ0v) is 19.7. The molecular weight excluding hydrogens is 412 g/mol. The van der Waals surface area contributed by atoms with Crippen LogP contribution in [0.5, 0.6) is 5.75 Å². The van der Waals surface area contributed by atoms with Crippen LogP contribution in [0.3, 0.4) is 0 Å². The van der Waals surface area contributed by atoms with Crippen molar-refractivity contribution in [2.75, 3.05) is 34.3 Å². The molecule has 1 atom stereocenters. The number of thiophene rings is 1. The number of likely N-dealkylation sites (N-methyl/N-ethyl adjacent to an activating group) is 1. The van der Waals surface area contributed by atoms with E-state index in [1.54, 1.807) is 11.0 Å². The first-order valence-corrected chi connectivity index (χ1v) is 11.1. The summed E-state index contributed by atoms with van der Waals surface area (Å²) >= 11 is 1.46. The third kappa shape index (κ3) is 4.52. The zero-order valence-electron chi connectivity index (χ0n) is 18.9. The summed E-state index contributed by atoms with van der Waals surface area (Å²) < 4.78 is 5.48. The van der Waals surface area contributed by atoms with E-state index in [1.165, 1.54) is 18.4 Å². The van der Waals surface area contributed by atoms with Crippen LogP contribution in [0.15, 0.2) is 41.3 Å². The topological polar surface area (TPSA) is 70.1 Å². The lowest BCUT2D eigenvalue weighted by molar-refractivity contribution is -0.140. The zero-order chi connectivity index (χ0) is 22.9. The number of aliphatic hydroxyl groups excluding tert-OH is 1. The molecule has 0 saturated carbocycles. The summed E-state index contributed by atoms with van der Waals surface area (Å²) in [5.41, 5.74) is 1.36. The van der Waals surface area contributed by atoms with Gasteiger partial charge in [0.1, 0.15) is 11.5 Å². The largest absolute Gasteiger partial charge is 0.507 e. The van der Waals surface area contributed by atoms with Crippen molar-refractivity contribution in [2.45, 2.75) is 32.2 Å². The Labute approximate surface area is 187 Å². The summed E-state index contributed by atoms with van der Waals surface area (Å²) in [4.78, 5) is 30.4. The molecular formula is C24H30N2O4S.